The highest BCUT2D eigenvalue weighted by Gasteiger charge is 2.64. The summed E-state index contributed by atoms with van der Waals surface area (Å²) in [4.78, 5) is 14.7. The van der Waals surface area contributed by atoms with Crippen LogP contribution in [0.3, 0.4) is 0 Å². The molecule has 0 fully saturated rings. The normalized spacial score (nSPS) is 22.6. The number of pyridine rings is 1. The maximum Gasteiger partial charge on any atom is 0.419 e. The number of alkyl halides is 3. The van der Waals surface area contributed by atoms with Gasteiger partial charge in [0, 0.05) is 28.2 Å². The van der Waals surface area contributed by atoms with Crippen LogP contribution in [0.2, 0.25) is 5.02 Å². The molecule has 0 saturated carbocycles. The van der Waals surface area contributed by atoms with Gasteiger partial charge in [0.15, 0.2) is 5.60 Å². The quantitative estimate of drug-likeness (QED) is 0.411. The zero-order chi connectivity index (χ0) is 23.6. The van der Waals surface area contributed by atoms with Crippen LogP contribution in [-0.2, 0) is 5.41 Å². The van der Waals surface area contributed by atoms with E-state index in [1.165, 1.54) is 26.1 Å². The molecule has 5 nitrogen and oxygen atoms in total. The van der Waals surface area contributed by atoms with Crippen LogP contribution in [0.1, 0.15) is 43.0 Å². The minimum Gasteiger partial charge on any atom is -0.506 e. The number of phenols is 1. The smallest absolute Gasteiger partial charge is 0.419 e. The fourth-order valence-electron chi connectivity index (χ4n) is 4.83. The molecule has 0 aliphatic heterocycles. The lowest BCUT2D eigenvalue weighted by atomic mass is 9.63. The first-order valence-corrected chi connectivity index (χ1v) is 10.3. The molecule has 1 aliphatic carbocycles. The number of H-pyrrole nitrogens is 1. The van der Waals surface area contributed by atoms with Crippen LogP contribution in [0.15, 0.2) is 41.3 Å². The van der Waals surface area contributed by atoms with Crippen LogP contribution < -0.4 is 10.9 Å². The van der Waals surface area contributed by atoms with Gasteiger partial charge in [-0.15, -0.1) is 0 Å². The van der Waals surface area contributed by atoms with Crippen molar-refractivity contribution in [2.24, 2.45) is 0 Å². The standard InChI is InChI=1S/C23H22ClF3N2O3/c1-11-9-14-16(18(30)17(11)24)21(2,3)10-22(32,23(25,26)27)19(14)29-15-6-4-5-13-12(15)7-8-28-20(13)31/h4-9,19,29-30,32H,10H2,1-3H3,(H,28,31). The van der Waals surface area contributed by atoms with Crippen molar-refractivity contribution in [1.82, 2.24) is 4.98 Å². The maximum absolute atomic E-state index is 14.3. The summed E-state index contributed by atoms with van der Waals surface area (Å²) in [5, 5.41) is 25.5. The number of hydrogen-bond donors (Lipinski definition) is 4. The number of nitrogens with one attached hydrogen (secondary N) is 2. The summed E-state index contributed by atoms with van der Waals surface area (Å²) < 4.78 is 43.0. The molecule has 0 spiro atoms. The number of fused-ring (bicyclic) bond motifs is 2. The Kier molecular flexibility index (Phi) is 5.02. The molecule has 1 heterocycles. The number of aromatic hydroxyl groups is 1. The van der Waals surface area contributed by atoms with Gasteiger partial charge in [0.1, 0.15) is 5.75 Å². The highest BCUT2D eigenvalue weighted by atomic mass is 35.5. The number of aliphatic hydroxyl groups is 1. The van der Waals surface area contributed by atoms with Crippen molar-refractivity contribution < 1.29 is 23.4 Å². The minimum absolute atomic E-state index is 0.0599. The van der Waals surface area contributed by atoms with Crippen LogP contribution in [0, 0.1) is 6.92 Å². The average Bonchev–Trinajstić information content (AvgIpc) is 2.68. The van der Waals surface area contributed by atoms with Crippen LogP contribution in [0.25, 0.3) is 10.8 Å². The van der Waals surface area contributed by atoms with E-state index in [0.717, 1.165) is 0 Å². The number of halogens is 4. The topological polar surface area (TPSA) is 85.3 Å². The second-order valence-corrected chi connectivity index (χ2v) is 9.33. The molecule has 0 saturated heterocycles. The number of anilines is 1. The predicted molar refractivity (Wildman–Crippen MR) is 117 cm³/mol. The lowest BCUT2D eigenvalue weighted by Crippen LogP contribution is -2.58. The van der Waals surface area contributed by atoms with Crippen LogP contribution in [0.4, 0.5) is 18.9 Å². The van der Waals surface area contributed by atoms with E-state index in [1.807, 2.05) is 0 Å². The number of benzene rings is 2. The van der Waals surface area contributed by atoms with Gasteiger partial charge < -0.3 is 20.5 Å². The van der Waals surface area contributed by atoms with E-state index in [9.17, 15) is 28.2 Å². The first kappa shape index (κ1) is 22.5. The van der Waals surface area contributed by atoms with Gasteiger partial charge in [-0.25, -0.2) is 0 Å². The van der Waals surface area contributed by atoms with Gasteiger partial charge in [-0.1, -0.05) is 37.6 Å². The Balaban J connectivity index is 2.01. The maximum atomic E-state index is 14.3. The van der Waals surface area contributed by atoms with Crippen molar-refractivity contribution in [1.29, 1.82) is 0 Å². The van der Waals surface area contributed by atoms with Crippen molar-refractivity contribution in [3.63, 3.8) is 0 Å². The zero-order valence-corrected chi connectivity index (χ0v) is 18.3. The molecule has 4 rings (SSSR count). The number of aromatic amines is 1. The molecule has 0 radical (unpaired) electrons. The summed E-state index contributed by atoms with van der Waals surface area (Å²) in [5.74, 6) is -0.294. The van der Waals surface area contributed by atoms with Crippen LogP contribution in [0.5, 0.6) is 5.75 Å². The molecule has 9 heteroatoms. The lowest BCUT2D eigenvalue weighted by molar-refractivity contribution is -0.275. The SMILES string of the molecule is Cc1cc2c(c(O)c1Cl)C(C)(C)CC(O)(C(F)(F)F)C2Nc1cccc2c(=O)[nH]ccc12. The number of phenolic OH excluding ortho intramolecular Hbond substituents is 1. The Labute approximate surface area is 186 Å². The average molecular weight is 467 g/mol. The molecule has 2 atom stereocenters. The Morgan fingerprint density at radius 3 is 2.56 bits per heavy atom. The summed E-state index contributed by atoms with van der Waals surface area (Å²) in [6, 6.07) is 6.03. The molecule has 170 valence electrons. The lowest BCUT2D eigenvalue weighted by Gasteiger charge is -2.49. The fraction of sp³-hybridized carbons (Fsp3) is 0.348. The molecule has 4 N–H and O–H groups in total. The molecule has 3 aromatic rings. The summed E-state index contributed by atoms with van der Waals surface area (Å²) in [6.45, 7) is 4.63. The van der Waals surface area contributed by atoms with Gasteiger partial charge in [-0.2, -0.15) is 13.2 Å². The van der Waals surface area contributed by atoms with Gasteiger partial charge in [0.2, 0.25) is 0 Å². The van der Waals surface area contributed by atoms with E-state index in [-0.39, 0.29) is 33.1 Å². The van der Waals surface area contributed by atoms with Gasteiger partial charge in [0.05, 0.1) is 11.1 Å². The Bertz CT molecular complexity index is 1290. The number of rotatable bonds is 2. The largest absolute Gasteiger partial charge is 0.506 e. The molecule has 2 unspecified atom stereocenters. The van der Waals surface area contributed by atoms with Crippen molar-refractivity contribution >= 4 is 28.1 Å². The third-order valence-electron chi connectivity index (χ3n) is 6.23. The molecule has 0 amide bonds. The van der Waals surface area contributed by atoms with Crippen molar-refractivity contribution in [2.45, 2.75) is 50.4 Å². The Hall–Kier alpha value is -2.71. The predicted octanol–water partition coefficient (Wildman–Crippen LogP) is 5.32. The van der Waals surface area contributed by atoms with E-state index >= 15 is 0 Å². The van der Waals surface area contributed by atoms with Crippen molar-refractivity contribution in [2.75, 3.05) is 5.32 Å². The Morgan fingerprint density at radius 2 is 1.91 bits per heavy atom. The minimum atomic E-state index is -4.98. The van der Waals surface area contributed by atoms with E-state index in [4.69, 9.17) is 11.6 Å². The van der Waals surface area contributed by atoms with Gasteiger partial charge in [0.25, 0.3) is 5.56 Å². The van der Waals surface area contributed by atoms with E-state index in [0.29, 0.717) is 16.3 Å². The molecule has 2 aromatic carbocycles. The molecule has 32 heavy (non-hydrogen) atoms. The molecular weight excluding hydrogens is 445 g/mol. The number of hydrogen-bond acceptors (Lipinski definition) is 4. The van der Waals surface area contributed by atoms with Crippen LogP contribution >= 0.6 is 11.6 Å². The third kappa shape index (κ3) is 3.24. The molecule has 1 aromatic heterocycles. The molecular formula is C23H22ClF3N2O3. The monoisotopic (exact) mass is 466 g/mol. The van der Waals surface area contributed by atoms with Gasteiger partial charge in [-0.05, 0) is 48.1 Å². The summed E-state index contributed by atoms with van der Waals surface area (Å²) >= 11 is 6.21. The first-order chi connectivity index (χ1) is 14.8. The van der Waals surface area contributed by atoms with Gasteiger partial charge in [-0.3, -0.25) is 4.79 Å². The second-order valence-electron chi connectivity index (χ2n) is 8.95. The fourth-order valence-corrected chi connectivity index (χ4v) is 4.98. The van der Waals surface area contributed by atoms with Crippen molar-refractivity contribution in [3.05, 3.63) is 68.6 Å². The molecule has 0 bridgehead atoms. The summed E-state index contributed by atoms with van der Waals surface area (Å²) in [7, 11) is 0. The van der Waals surface area contributed by atoms with Crippen molar-refractivity contribution in [3.8, 4) is 5.75 Å². The highest BCUT2D eigenvalue weighted by Crippen LogP contribution is 2.57. The van der Waals surface area contributed by atoms with E-state index < -0.39 is 29.7 Å². The van der Waals surface area contributed by atoms with E-state index in [2.05, 4.69) is 10.3 Å². The van der Waals surface area contributed by atoms with Crippen LogP contribution in [-0.4, -0.2) is 27.0 Å². The number of aromatic nitrogens is 1. The third-order valence-corrected chi connectivity index (χ3v) is 6.71. The summed E-state index contributed by atoms with van der Waals surface area (Å²) in [5.41, 5.74) is -3.79. The van der Waals surface area contributed by atoms with Gasteiger partial charge >= 0.3 is 6.18 Å². The highest BCUT2D eigenvalue weighted by molar-refractivity contribution is 6.33. The molecule has 1 aliphatic rings. The zero-order valence-electron chi connectivity index (χ0n) is 17.6. The number of aryl methyl sites for hydroxylation is 1. The second kappa shape index (κ2) is 7.15. The summed E-state index contributed by atoms with van der Waals surface area (Å²) in [6.07, 6.45) is -4.28. The first-order valence-electron chi connectivity index (χ1n) is 9.96. The Morgan fingerprint density at radius 1 is 1.22 bits per heavy atom. The van der Waals surface area contributed by atoms with E-state index in [1.54, 1.807) is 31.2 Å².